The van der Waals surface area contributed by atoms with E-state index in [-0.39, 0.29) is 11.8 Å². The van der Waals surface area contributed by atoms with Gasteiger partial charge < -0.3 is 14.5 Å². The molecule has 0 radical (unpaired) electrons. The topological polar surface area (TPSA) is 56.6 Å². The van der Waals surface area contributed by atoms with Crippen LogP contribution in [0.3, 0.4) is 0 Å². The van der Waals surface area contributed by atoms with Crippen LogP contribution in [0.4, 0.5) is 5.69 Å². The average molecular weight is 327 g/mol. The predicted molar refractivity (Wildman–Crippen MR) is 92.7 cm³/mol. The highest BCUT2D eigenvalue weighted by Gasteiger charge is 2.28. The van der Waals surface area contributed by atoms with Gasteiger partial charge in [0.25, 0.3) is 0 Å². The second-order valence-corrected chi connectivity index (χ2v) is 6.87. The Balaban J connectivity index is 1.47. The number of benzene rings is 1. The number of hydrogen-bond donors (Lipinski definition) is 0. The summed E-state index contributed by atoms with van der Waals surface area (Å²) in [7, 11) is 1.92. The van der Waals surface area contributed by atoms with Crippen LogP contribution in [-0.2, 0) is 9.53 Å². The van der Waals surface area contributed by atoms with Crippen LogP contribution >= 0.6 is 0 Å². The summed E-state index contributed by atoms with van der Waals surface area (Å²) in [5, 5.41) is 8.88. The van der Waals surface area contributed by atoms with E-state index in [1.807, 2.05) is 36.2 Å². The van der Waals surface area contributed by atoms with Crippen LogP contribution in [0.2, 0.25) is 0 Å². The van der Waals surface area contributed by atoms with E-state index in [4.69, 9.17) is 10.00 Å². The number of piperidine rings is 1. The molecule has 2 fully saturated rings. The minimum atomic E-state index is 0.0636. The number of rotatable bonds is 4. The Labute approximate surface area is 143 Å². The van der Waals surface area contributed by atoms with Crippen molar-refractivity contribution in [3.63, 3.8) is 0 Å². The average Bonchev–Trinajstić information content (AvgIpc) is 3.16. The van der Waals surface area contributed by atoms with Gasteiger partial charge in [0, 0.05) is 39.0 Å². The van der Waals surface area contributed by atoms with Crippen LogP contribution in [0.5, 0.6) is 0 Å². The molecular formula is C19H25N3O2. The highest BCUT2D eigenvalue weighted by Crippen LogP contribution is 2.25. The smallest absolute Gasteiger partial charge is 0.227 e. The van der Waals surface area contributed by atoms with Crippen molar-refractivity contribution in [1.82, 2.24) is 4.90 Å². The number of carbonyl (C=O) groups is 1. The lowest BCUT2D eigenvalue weighted by molar-refractivity contribution is -0.134. The molecule has 5 nitrogen and oxygen atoms in total. The molecule has 1 amide bonds. The Kier molecular flexibility index (Phi) is 5.37. The number of anilines is 1. The van der Waals surface area contributed by atoms with Crippen molar-refractivity contribution >= 4 is 11.6 Å². The van der Waals surface area contributed by atoms with Gasteiger partial charge in [-0.1, -0.05) is 0 Å². The Morgan fingerprint density at radius 1 is 1.29 bits per heavy atom. The third-order valence-electron chi connectivity index (χ3n) is 5.16. The van der Waals surface area contributed by atoms with Gasteiger partial charge in [-0.2, -0.15) is 5.26 Å². The zero-order valence-corrected chi connectivity index (χ0v) is 14.3. The first-order valence-corrected chi connectivity index (χ1v) is 8.75. The predicted octanol–water partition coefficient (Wildman–Crippen LogP) is 2.27. The summed E-state index contributed by atoms with van der Waals surface area (Å²) < 4.78 is 5.32. The summed E-state index contributed by atoms with van der Waals surface area (Å²) in [6.07, 6.45) is 3.05. The fourth-order valence-electron chi connectivity index (χ4n) is 3.64. The molecule has 2 saturated heterocycles. The molecule has 2 heterocycles. The van der Waals surface area contributed by atoms with Crippen LogP contribution in [0.1, 0.15) is 24.8 Å². The number of carbonyl (C=O) groups excluding carboxylic acids is 1. The van der Waals surface area contributed by atoms with E-state index in [0.717, 1.165) is 38.9 Å². The zero-order valence-electron chi connectivity index (χ0n) is 14.3. The van der Waals surface area contributed by atoms with Crippen molar-refractivity contribution in [2.75, 3.05) is 44.8 Å². The Bertz CT molecular complexity index is 594. The molecule has 3 rings (SSSR count). The molecule has 1 unspecified atom stereocenters. The van der Waals surface area contributed by atoms with Crippen molar-refractivity contribution in [1.29, 1.82) is 5.26 Å². The fraction of sp³-hybridized carbons (Fsp3) is 0.579. The molecule has 1 aromatic carbocycles. The van der Waals surface area contributed by atoms with E-state index < -0.39 is 0 Å². The molecule has 0 aromatic heterocycles. The maximum atomic E-state index is 12.4. The monoisotopic (exact) mass is 327 g/mol. The number of amides is 1. The maximum Gasteiger partial charge on any atom is 0.227 e. The summed E-state index contributed by atoms with van der Waals surface area (Å²) in [5.74, 6) is 0.867. The van der Waals surface area contributed by atoms with Gasteiger partial charge in [0.15, 0.2) is 0 Å². The first-order chi connectivity index (χ1) is 11.7. The first-order valence-electron chi connectivity index (χ1n) is 8.75. The summed E-state index contributed by atoms with van der Waals surface area (Å²) in [6.45, 7) is 4.15. The fourth-order valence-corrected chi connectivity index (χ4v) is 3.64. The molecule has 1 atom stereocenters. The SMILES string of the molecule is CN(CC1CCN(c2ccc(C#N)cc2)CC1)C(=O)C1CCOC1. The molecule has 128 valence electrons. The quantitative estimate of drug-likeness (QED) is 0.851. The van der Waals surface area contributed by atoms with E-state index in [0.29, 0.717) is 24.7 Å². The van der Waals surface area contributed by atoms with E-state index in [9.17, 15) is 4.79 Å². The molecular weight excluding hydrogens is 302 g/mol. The van der Waals surface area contributed by atoms with Crippen molar-refractivity contribution in [3.8, 4) is 6.07 Å². The van der Waals surface area contributed by atoms with Gasteiger partial charge >= 0.3 is 0 Å². The van der Waals surface area contributed by atoms with Crippen molar-refractivity contribution in [2.24, 2.45) is 11.8 Å². The summed E-state index contributed by atoms with van der Waals surface area (Å²) in [6, 6.07) is 9.94. The molecule has 0 saturated carbocycles. The standard InChI is InChI=1S/C19H25N3O2/c1-21(19(23)17-8-11-24-14-17)13-16-6-9-22(10-7-16)18-4-2-15(12-20)3-5-18/h2-5,16-17H,6-11,13-14H2,1H3. The summed E-state index contributed by atoms with van der Waals surface area (Å²) in [4.78, 5) is 16.6. The van der Waals surface area contributed by atoms with Gasteiger partial charge in [-0.25, -0.2) is 0 Å². The molecule has 1 aromatic rings. The van der Waals surface area contributed by atoms with Gasteiger partial charge in [-0.3, -0.25) is 4.79 Å². The molecule has 2 aliphatic heterocycles. The molecule has 0 aliphatic carbocycles. The lowest BCUT2D eigenvalue weighted by atomic mass is 9.95. The second kappa shape index (κ2) is 7.67. The summed E-state index contributed by atoms with van der Waals surface area (Å²) in [5.41, 5.74) is 1.88. The number of nitrogens with zero attached hydrogens (tertiary/aromatic N) is 3. The summed E-state index contributed by atoms with van der Waals surface area (Å²) >= 11 is 0. The molecule has 24 heavy (non-hydrogen) atoms. The molecule has 0 spiro atoms. The van der Waals surface area contributed by atoms with Crippen LogP contribution < -0.4 is 4.90 Å². The van der Waals surface area contributed by atoms with Gasteiger partial charge in [0.05, 0.1) is 24.2 Å². The zero-order chi connectivity index (χ0) is 16.9. The normalized spacial score (nSPS) is 21.5. The Morgan fingerprint density at radius 3 is 2.58 bits per heavy atom. The van der Waals surface area contributed by atoms with Crippen molar-refractivity contribution in [3.05, 3.63) is 29.8 Å². The van der Waals surface area contributed by atoms with Gasteiger partial charge in [-0.15, -0.1) is 0 Å². The maximum absolute atomic E-state index is 12.4. The highest BCUT2D eigenvalue weighted by atomic mass is 16.5. The van der Waals surface area contributed by atoms with E-state index in [1.54, 1.807) is 0 Å². The lowest BCUT2D eigenvalue weighted by Crippen LogP contribution is -2.41. The third-order valence-corrected chi connectivity index (χ3v) is 5.16. The number of hydrogen-bond acceptors (Lipinski definition) is 4. The lowest BCUT2D eigenvalue weighted by Gasteiger charge is -2.35. The highest BCUT2D eigenvalue weighted by molar-refractivity contribution is 5.78. The minimum absolute atomic E-state index is 0.0636. The molecule has 0 bridgehead atoms. The largest absolute Gasteiger partial charge is 0.381 e. The number of nitriles is 1. The van der Waals surface area contributed by atoms with Crippen LogP contribution in [0, 0.1) is 23.2 Å². The molecule has 0 N–H and O–H groups in total. The van der Waals surface area contributed by atoms with E-state index in [2.05, 4.69) is 11.0 Å². The Morgan fingerprint density at radius 2 is 2.00 bits per heavy atom. The van der Waals surface area contributed by atoms with Crippen molar-refractivity contribution < 1.29 is 9.53 Å². The second-order valence-electron chi connectivity index (χ2n) is 6.87. The third kappa shape index (κ3) is 3.88. The van der Waals surface area contributed by atoms with E-state index in [1.165, 1.54) is 5.69 Å². The van der Waals surface area contributed by atoms with Gasteiger partial charge in [0.2, 0.25) is 5.91 Å². The van der Waals surface area contributed by atoms with Crippen LogP contribution in [-0.4, -0.2) is 50.7 Å². The van der Waals surface area contributed by atoms with Gasteiger partial charge in [-0.05, 0) is 49.4 Å². The van der Waals surface area contributed by atoms with Crippen molar-refractivity contribution in [2.45, 2.75) is 19.3 Å². The van der Waals surface area contributed by atoms with Crippen LogP contribution in [0.15, 0.2) is 24.3 Å². The molecule has 2 aliphatic rings. The van der Waals surface area contributed by atoms with Gasteiger partial charge in [0.1, 0.15) is 0 Å². The molecule has 5 heteroatoms. The number of ether oxygens (including phenoxy) is 1. The Hall–Kier alpha value is -2.06. The first kappa shape index (κ1) is 16.8. The van der Waals surface area contributed by atoms with Crippen LogP contribution in [0.25, 0.3) is 0 Å². The van der Waals surface area contributed by atoms with E-state index >= 15 is 0 Å². The minimum Gasteiger partial charge on any atom is -0.381 e.